The highest BCUT2D eigenvalue weighted by Gasteiger charge is 2.37. The molecule has 2 aliphatic carbocycles. The van der Waals surface area contributed by atoms with Gasteiger partial charge >= 0.3 is 11.9 Å². The summed E-state index contributed by atoms with van der Waals surface area (Å²) in [6.07, 6.45) is 6.60. The van der Waals surface area contributed by atoms with Gasteiger partial charge in [0.1, 0.15) is 17.8 Å². The maximum Gasteiger partial charge on any atom is 0.335 e. The van der Waals surface area contributed by atoms with Crippen LogP contribution in [0.4, 0.5) is 5.69 Å². The lowest BCUT2D eigenvalue weighted by Gasteiger charge is -2.32. The lowest BCUT2D eigenvalue weighted by molar-refractivity contribution is -0.139. The Hall–Kier alpha value is -4.58. The van der Waals surface area contributed by atoms with E-state index >= 15 is 0 Å². The van der Waals surface area contributed by atoms with Crippen molar-refractivity contribution < 1.29 is 34.1 Å². The number of amides is 2. The largest absolute Gasteiger partial charge is 0.482 e. The Bertz CT molecular complexity index is 1400. The Morgan fingerprint density at radius 3 is 2.82 bits per heavy atom. The van der Waals surface area contributed by atoms with E-state index in [1.165, 1.54) is 6.33 Å². The van der Waals surface area contributed by atoms with Crippen LogP contribution in [-0.4, -0.2) is 68.0 Å². The van der Waals surface area contributed by atoms with Gasteiger partial charge < -0.3 is 25.6 Å². The number of nitrogens with zero attached hydrogens (tertiary/aromatic N) is 3. The van der Waals surface area contributed by atoms with Crippen LogP contribution in [0.1, 0.15) is 41.0 Å². The SMILES string of the molecule is O=C(O)CN(Cc1cc(C(=O)NCc2ccc3c(c2)NC(=O)CO3)ncn1)C1CCC2=CC(C(=O)O)=CCC21. The van der Waals surface area contributed by atoms with Crippen LogP contribution in [-0.2, 0) is 27.5 Å². The van der Waals surface area contributed by atoms with Crippen molar-refractivity contribution in [2.45, 2.75) is 38.4 Å². The number of carboxylic acid groups (broad SMARTS) is 2. The molecular formula is C27H27N5O7. The van der Waals surface area contributed by atoms with Crippen molar-refractivity contribution >= 4 is 29.4 Å². The molecular weight excluding hydrogens is 506 g/mol. The number of fused-ring (bicyclic) bond motifs is 2. The van der Waals surface area contributed by atoms with Gasteiger partial charge in [0.15, 0.2) is 6.61 Å². The molecule has 39 heavy (non-hydrogen) atoms. The zero-order chi connectivity index (χ0) is 27.5. The molecule has 0 radical (unpaired) electrons. The minimum atomic E-state index is -0.983. The zero-order valence-electron chi connectivity index (χ0n) is 20.9. The smallest absolute Gasteiger partial charge is 0.335 e. The fourth-order valence-corrected chi connectivity index (χ4v) is 5.33. The molecule has 4 N–H and O–H groups in total. The quantitative estimate of drug-likeness (QED) is 0.372. The maximum atomic E-state index is 12.8. The van der Waals surface area contributed by atoms with E-state index in [0.29, 0.717) is 36.4 Å². The summed E-state index contributed by atoms with van der Waals surface area (Å²) in [6, 6.07) is 6.69. The van der Waals surface area contributed by atoms with Crippen LogP contribution in [0.15, 0.2) is 53.9 Å². The lowest BCUT2D eigenvalue weighted by atomic mass is 9.88. The minimum absolute atomic E-state index is 0.0313. The van der Waals surface area contributed by atoms with E-state index in [4.69, 9.17) is 4.74 Å². The predicted molar refractivity (Wildman–Crippen MR) is 137 cm³/mol. The Morgan fingerprint density at radius 1 is 1.18 bits per heavy atom. The van der Waals surface area contributed by atoms with E-state index < -0.39 is 17.8 Å². The number of carboxylic acids is 2. The molecule has 2 amide bonds. The van der Waals surface area contributed by atoms with Gasteiger partial charge in [-0.3, -0.25) is 19.3 Å². The van der Waals surface area contributed by atoms with Crippen LogP contribution in [0.5, 0.6) is 5.75 Å². The number of aliphatic carboxylic acids is 2. The van der Waals surface area contributed by atoms with E-state index in [0.717, 1.165) is 11.1 Å². The first-order valence-corrected chi connectivity index (χ1v) is 12.5. The van der Waals surface area contributed by atoms with Crippen molar-refractivity contribution in [3.63, 3.8) is 0 Å². The van der Waals surface area contributed by atoms with Crippen molar-refractivity contribution in [2.75, 3.05) is 18.5 Å². The first-order valence-electron chi connectivity index (χ1n) is 12.5. The molecule has 0 saturated heterocycles. The molecule has 2 aromatic rings. The summed E-state index contributed by atoms with van der Waals surface area (Å²) in [7, 11) is 0. The number of benzene rings is 1. The van der Waals surface area contributed by atoms with Crippen LogP contribution in [0.3, 0.4) is 0 Å². The van der Waals surface area contributed by atoms with Crippen LogP contribution in [0, 0.1) is 5.92 Å². The highest BCUT2D eigenvalue weighted by molar-refractivity contribution is 5.95. The average Bonchev–Trinajstić information content (AvgIpc) is 3.34. The number of aromatic nitrogens is 2. The van der Waals surface area contributed by atoms with Gasteiger partial charge in [0, 0.05) is 19.1 Å². The minimum Gasteiger partial charge on any atom is -0.482 e. The van der Waals surface area contributed by atoms with Gasteiger partial charge in [0.2, 0.25) is 0 Å². The standard InChI is InChI=1S/C27H27N5O7/c33-24-13-39-23-6-1-15(7-20(23)31-24)10-28-26(36)21-9-18(29-14-30-21)11-32(12-25(34)35)22-5-3-16-8-17(27(37)38)2-4-19(16)22/h1-2,6-9,14,19,22H,3-5,10-13H2,(H,28,36)(H,31,33)(H,34,35)(H,37,38). The predicted octanol–water partition coefficient (Wildman–Crippen LogP) is 1.74. The Labute approximate surface area is 223 Å². The molecule has 12 nitrogen and oxygen atoms in total. The van der Waals surface area contributed by atoms with Gasteiger partial charge in [0.25, 0.3) is 11.8 Å². The molecule has 0 spiro atoms. The average molecular weight is 534 g/mol. The van der Waals surface area contributed by atoms with E-state index in [9.17, 15) is 29.4 Å². The van der Waals surface area contributed by atoms with Crippen LogP contribution < -0.4 is 15.4 Å². The number of allylic oxidation sites excluding steroid dienone is 1. The molecule has 3 aliphatic rings. The van der Waals surface area contributed by atoms with Gasteiger partial charge in [0.05, 0.1) is 23.5 Å². The Kier molecular flexibility index (Phi) is 7.37. The van der Waals surface area contributed by atoms with Crippen molar-refractivity contribution in [3.05, 3.63) is 70.8 Å². The van der Waals surface area contributed by atoms with Gasteiger partial charge in [-0.2, -0.15) is 0 Å². The number of carbonyl (C=O) groups excluding carboxylic acids is 2. The molecule has 12 heteroatoms. The highest BCUT2D eigenvalue weighted by atomic mass is 16.5. The molecule has 2 atom stereocenters. The molecule has 1 aromatic heterocycles. The molecule has 1 fully saturated rings. The van der Waals surface area contributed by atoms with E-state index in [1.807, 2.05) is 4.90 Å². The number of rotatable bonds is 9. The lowest BCUT2D eigenvalue weighted by Crippen LogP contribution is -2.41. The van der Waals surface area contributed by atoms with Crippen molar-refractivity contribution in [2.24, 2.45) is 5.92 Å². The molecule has 0 bridgehead atoms. The molecule has 2 heterocycles. The normalized spacial score (nSPS) is 19.7. The molecule has 202 valence electrons. The number of nitrogens with one attached hydrogen (secondary N) is 2. The van der Waals surface area contributed by atoms with Crippen molar-refractivity contribution in [3.8, 4) is 5.75 Å². The molecule has 5 rings (SSSR count). The number of anilines is 1. The number of carbonyl (C=O) groups is 4. The first kappa shape index (κ1) is 26.0. The first-order chi connectivity index (χ1) is 18.8. The molecule has 2 unspecified atom stereocenters. The van der Waals surface area contributed by atoms with Crippen molar-refractivity contribution in [1.29, 1.82) is 0 Å². The van der Waals surface area contributed by atoms with E-state index in [2.05, 4.69) is 20.6 Å². The summed E-state index contributed by atoms with van der Waals surface area (Å²) in [4.78, 5) is 57.6. The molecule has 1 saturated carbocycles. The van der Waals surface area contributed by atoms with E-state index in [-0.39, 0.29) is 55.4 Å². The summed E-state index contributed by atoms with van der Waals surface area (Å²) in [5.74, 6) is -2.03. The maximum absolute atomic E-state index is 12.8. The third-order valence-corrected chi connectivity index (χ3v) is 7.11. The monoisotopic (exact) mass is 533 g/mol. The number of hydrogen-bond acceptors (Lipinski definition) is 8. The number of hydrogen-bond donors (Lipinski definition) is 4. The topological polar surface area (TPSA) is 171 Å². The van der Waals surface area contributed by atoms with Crippen LogP contribution in [0.2, 0.25) is 0 Å². The Morgan fingerprint density at radius 2 is 2.03 bits per heavy atom. The van der Waals surface area contributed by atoms with Gasteiger partial charge in [-0.15, -0.1) is 0 Å². The molecule has 1 aliphatic heterocycles. The van der Waals surface area contributed by atoms with Crippen LogP contribution >= 0.6 is 0 Å². The Balaban J connectivity index is 1.25. The fraction of sp³-hybridized carbons (Fsp3) is 0.333. The summed E-state index contributed by atoms with van der Waals surface area (Å²) < 4.78 is 5.35. The summed E-state index contributed by atoms with van der Waals surface area (Å²) in [5, 5.41) is 24.4. The third kappa shape index (κ3) is 5.96. The summed E-state index contributed by atoms with van der Waals surface area (Å²) in [6.45, 7) is 0.139. The van der Waals surface area contributed by atoms with Crippen LogP contribution in [0.25, 0.3) is 0 Å². The zero-order valence-corrected chi connectivity index (χ0v) is 20.9. The van der Waals surface area contributed by atoms with Gasteiger partial charge in [-0.05, 0) is 55.0 Å². The summed E-state index contributed by atoms with van der Waals surface area (Å²) >= 11 is 0. The van der Waals surface area contributed by atoms with Gasteiger partial charge in [-0.25, -0.2) is 14.8 Å². The second kappa shape index (κ2) is 11.0. The second-order valence-electron chi connectivity index (χ2n) is 9.68. The van der Waals surface area contributed by atoms with E-state index in [1.54, 1.807) is 36.4 Å². The van der Waals surface area contributed by atoms with Gasteiger partial charge in [-0.1, -0.05) is 17.7 Å². The van der Waals surface area contributed by atoms with Crippen molar-refractivity contribution in [1.82, 2.24) is 20.2 Å². The number of ether oxygens (including phenoxy) is 1. The molecule has 1 aromatic carbocycles. The summed E-state index contributed by atoms with van der Waals surface area (Å²) in [5.41, 5.74) is 3.23. The second-order valence-corrected chi connectivity index (χ2v) is 9.68. The fourth-order valence-electron chi connectivity index (χ4n) is 5.33. The third-order valence-electron chi connectivity index (χ3n) is 7.11. The highest BCUT2D eigenvalue weighted by Crippen LogP contribution is 2.41.